The number of aromatic nitrogens is 1. The van der Waals surface area contributed by atoms with E-state index < -0.39 is 0 Å². The van der Waals surface area contributed by atoms with Gasteiger partial charge in [0.25, 0.3) is 0 Å². The summed E-state index contributed by atoms with van der Waals surface area (Å²) >= 11 is 0. The summed E-state index contributed by atoms with van der Waals surface area (Å²) < 4.78 is 0. The van der Waals surface area contributed by atoms with Gasteiger partial charge in [0, 0.05) is 42.4 Å². The summed E-state index contributed by atoms with van der Waals surface area (Å²) in [5.41, 5.74) is 5.74. The normalized spacial score (nSPS) is 17.4. The van der Waals surface area contributed by atoms with Gasteiger partial charge in [0.2, 0.25) is 0 Å². The van der Waals surface area contributed by atoms with Crippen molar-refractivity contribution in [1.82, 2.24) is 9.88 Å². The average molecular weight is 364 g/mol. The summed E-state index contributed by atoms with van der Waals surface area (Å²) in [5.74, 6) is 0.693. The highest BCUT2D eigenvalue weighted by Gasteiger charge is 2.25. The Morgan fingerprint density at radius 3 is 2.48 bits per heavy atom. The molecule has 3 heterocycles. The van der Waals surface area contributed by atoms with Crippen molar-refractivity contribution in [3.05, 3.63) is 65.9 Å². The summed E-state index contributed by atoms with van der Waals surface area (Å²) in [5, 5.41) is 1.41. The molecule has 0 bridgehead atoms. The molecule has 0 aliphatic carbocycles. The summed E-state index contributed by atoms with van der Waals surface area (Å²) in [6, 6.07) is 17.6. The van der Waals surface area contributed by atoms with Gasteiger partial charge < -0.3 is 9.88 Å². The van der Waals surface area contributed by atoms with Crippen LogP contribution in [-0.2, 0) is 6.42 Å². The summed E-state index contributed by atoms with van der Waals surface area (Å²) in [4.78, 5) is 8.63. The van der Waals surface area contributed by atoms with Crippen LogP contribution >= 0.6 is 0 Å². The minimum absolute atomic E-state index is 0. The molecule has 5 rings (SSSR count). The molecule has 144 valence electrons. The maximum absolute atomic E-state index is 3.44. The second kappa shape index (κ2) is 8.18. The van der Waals surface area contributed by atoms with E-state index >= 15 is 0 Å². The molecule has 2 aliphatic heterocycles. The minimum atomic E-state index is 0. The zero-order chi connectivity index (χ0) is 16.6. The molecule has 1 fully saturated rings. The van der Waals surface area contributed by atoms with Gasteiger partial charge in [0.15, 0.2) is 0 Å². The fourth-order valence-corrected chi connectivity index (χ4v) is 4.61. The zero-order valence-corrected chi connectivity index (χ0v) is 14.6. The van der Waals surface area contributed by atoms with E-state index in [2.05, 4.69) is 69.5 Å². The van der Waals surface area contributed by atoms with Gasteiger partial charge in [-0.15, -0.1) is 0 Å². The first-order valence-electron chi connectivity index (χ1n) is 9.50. The van der Waals surface area contributed by atoms with E-state index in [0.717, 1.165) is 6.67 Å². The summed E-state index contributed by atoms with van der Waals surface area (Å²) in [7, 11) is 0. The number of nitrogens with zero attached hydrogens (tertiary/aromatic N) is 2. The number of hydrogen-bond donors (Lipinski definition) is 1. The number of likely N-dealkylation sites (tertiary alicyclic amines) is 1. The van der Waals surface area contributed by atoms with Crippen molar-refractivity contribution in [2.24, 2.45) is 0 Å². The van der Waals surface area contributed by atoms with Crippen molar-refractivity contribution >= 4 is 16.6 Å². The van der Waals surface area contributed by atoms with Gasteiger partial charge in [0.1, 0.15) is 0 Å². The third kappa shape index (κ3) is 3.61. The van der Waals surface area contributed by atoms with Gasteiger partial charge in [-0.1, -0.05) is 51.3 Å². The lowest BCUT2D eigenvalue weighted by Crippen LogP contribution is -2.41. The lowest BCUT2D eigenvalue weighted by atomic mass is 9.89. The number of rotatable bonds is 3. The first-order valence-corrected chi connectivity index (χ1v) is 9.50. The third-order valence-electron chi connectivity index (χ3n) is 6.00. The topological polar surface area (TPSA) is 22.3 Å². The highest BCUT2D eigenvalue weighted by Crippen LogP contribution is 2.34. The number of nitrogens with one attached hydrogen (secondary N) is 1. The Labute approximate surface area is 164 Å². The second-order valence-electron chi connectivity index (χ2n) is 7.47. The quantitative estimate of drug-likeness (QED) is 0.650. The molecule has 27 heavy (non-hydrogen) atoms. The number of aromatic amines is 1. The molecule has 3 heteroatoms. The molecule has 0 unspecified atom stereocenters. The van der Waals surface area contributed by atoms with Gasteiger partial charge in [-0.25, -0.2) is 0 Å². The Bertz CT molecular complexity index is 874. The van der Waals surface area contributed by atoms with Crippen LogP contribution in [-0.4, -0.2) is 36.2 Å². The number of benzene rings is 2. The first kappa shape index (κ1) is 19.5. The maximum atomic E-state index is 3.44. The number of para-hydroxylation sites is 2. The van der Waals surface area contributed by atoms with Crippen LogP contribution in [0.5, 0.6) is 0 Å². The predicted octanol–water partition coefficient (Wildman–Crippen LogP) is 5.64. The Hall–Kier alpha value is -2.26. The van der Waals surface area contributed by atoms with Crippen LogP contribution in [0.15, 0.2) is 54.7 Å². The van der Waals surface area contributed by atoms with Crippen molar-refractivity contribution in [1.29, 1.82) is 0 Å². The molecule has 1 aromatic heterocycles. The van der Waals surface area contributed by atoms with E-state index in [0.29, 0.717) is 5.92 Å². The van der Waals surface area contributed by atoms with Gasteiger partial charge in [-0.3, -0.25) is 4.90 Å². The Kier molecular flexibility index (Phi) is 5.91. The van der Waals surface area contributed by atoms with Crippen molar-refractivity contribution in [2.45, 2.75) is 40.0 Å². The number of hydrogen-bond acceptors (Lipinski definition) is 2. The van der Waals surface area contributed by atoms with Crippen molar-refractivity contribution < 1.29 is 0 Å². The molecule has 3 aromatic rings. The molecule has 2 aliphatic rings. The SMILES string of the molecule is C.C.c1ccc2c(c1)CCN2CN1CCC(c2c[nH]c3ccccc23)CC1. The summed E-state index contributed by atoms with van der Waals surface area (Å²) in [6.45, 7) is 4.64. The molecule has 1 N–H and O–H groups in total. The monoisotopic (exact) mass is 363 g/mol. The van der Waals surface area contributed by atoms with E-state index in [4.69, 9.17) is 0 Å². The molecule has 1 saturated heterocycles. The Balaban J connectivity index is 0.00000105. The number of piperidine rings is 1. The van der Waals surface area contributed by atoms with E-state index in [1.165, 1.54) is 66.6 Å². The number of anilines is 1. The van der Waals surface area contributed by atoms with Crippen molar-refractivity contribution in [3.63, 3.8) is 0 Å². The molecule has 0 atom stereocenters. The van der Waals surface area contributed by atoms with Gasteiger partial charge in [0.05, 0.1) is 6.67 Å². The second-order valence-corrected chi connectivity index (χ2v) is 7.47. The van der Waals surface area contributed by atoms with Crippen LogP contribution in [0, 0.1) is 0 Å². The number of H-pyrrole nitrogens is 1. The molecule has 3 nitrogen and oxygen atoms in total. The third-order valence-corrected chi connectivity index (χ3v) is 6.00. The maximum Gasteiger partial charge on any atom is 0.0707 e. The lowest BCUT2D eigenvalue weighted by Gasteiger charge is -2.35. The van der Waals surface area contributed by atoms with E-state index in [1.54, 1.807) is 0 Å². The average Bonchev–Trinajstić information content (AvgIpc) is 3.27. The van der Waals surface area contributed by atoms with Crippen LogP contribution in [0.25, 0.3) is 10.9 Å². The smallest absolute Gasteiger partial charge is 0.0707 e. The van der Waals surface area contributed by atoms with Crippen LogP contribution < -0.4 is 4.90 Å². The van der Waals surface area contributed by atoms with Crippen LogP contribution in [0.4, 0.5) is 5.69 Å². The van der Waals surface area contributed by atoms with Crippen LogP contribution in [0.1, 0.15) is 44.7 Å². The Morgan fingerprint density at radius 1 is 0.889 bits per heavy atom. The Morgan fingerprint density at radius 2 is 1.63 bits per heavy atom. The van der Waals surface area contributed by atoms with Gasteiger partial charge in [-0.2, -0.15) is 0 Å². The van der Waals surface area contributed by atoms with Gasteiger partial charge >= 0.3 is 0 Å². The summed E-state index contributed by atoms with van der Waals surface area (Å²) in [6.07, 6.45) is 5.96. The molecule has 0 saturated carbocycles. The van der Waals surface area contributed by atoms with Crippen molar-refractivity contribution in [2.75, 3.05) is 31.2 Å². The minimum Gasteiger partial charge on any atom is -0.361 e. The lowest BCUT2D eigenvalue weighted by molar-refractivity contribution is 0.213. The number of fused-ring (bicyclic) bond motifs is 2. The molecule has 0 radical (unpaired) electrons. The standard InChI is InChI=1S/C22H25N3.2CH4/c1-4-8-22-18(5-1)11-14-25(22)16-24-12-9-17(10-13-24)20-15-23-21-7-3-2-6-19(20)21;;/h1-8,15,17,23H,9-14,16H2;2*1H4. The van der Waals surface area contributed by atoms with E-state index in [-0.39, 0.29) is 14.9 Å². The molecular formula is C24H33N3. The van der Waals surface area contributed by atoms with Gasteiger partial charge in [-0.05, 0) is 48.4 Å². The van der Waals surface area contributed by atoms with E-state index in [9.17, 15) is 0 Å². The zero-order valence-electron chi connectivity index (χ0n) is 14.6. The molecule has 0 spiro atoms. The fourth-order valence-electron chi connectivity index (χ4n) is 4.61. The largest absolute Gasteiger partial charge is 0.361 e. The van der Waals surface area contributed by atoms with Crippen molar-refractivity contribution in [3.8, 4) is 0 Å². The fraction of sp³-hybridized carbons (Fsp3) is 0.417. The molecule has 0 amide bonds. The highest BCUT2D eigenvalue weighted by molar-refractivity contribution is 5.83. The highest BCUT2D eigenvalue weighted by atomic mass is 15.3. The first-order chi connectivity index (χ1) is 12.4. The molecule has 2 aromatic carbocycles. The van der Waals surface area contributed by atoms with E-state index in [1.807, 2.05) is 0 Å². The van der Waals surface area contributed by atoms with Crippen LogP contribution in [0.3, 0.4) is 0 Å². The predicted molar refractivity (Wildman–Crippen MR) is 118 cm³/mol. The molecular weight excluding hydrogens is 330 g/mol. The van der Waals surface area contributed by atoms with Crippen LogP contribution in [0.2, 0.25) is 0 Å².